The highest BCUT2D eigenvalue weighted by molar-refractivity contribution is 6.05. The molecular weight excluding hydrogens is 343 g/mol. The van der Waals surface area contributed by atoms with E-state index in [-0.39, 0.29) is 11.7 Å². The number of halogens is 1. The summed E-state index contributed by atoms with van der Waals surface area (Å²) in [4.78, 5) is 14.9. The molecule has 0 bridgehead atoms. The van der Waals surface area contributed by atoms with E-state index in [1.54, 1.807) is 25.1 Å². The maximum Gasteiger partial charge on any atom is 0.259 e. The van der Waals surface area contributed by atoms with Crippen molar-refractivity contribution in [1.29, 1.82) is 0 Å². The summed E-state index contributed by atoms with van der Waals surface area (Å²) < 4.78 is 15.4. The molecular formula is C21H23FN4O. The Morgan fingerprint density at radius 3 is 2.41 bits per heavy atom. The Morgan fingerprint density at radius 1 is 1.11 bits per heavy atom. The van der Waals surface area contributed by atoms with Crippen molar-refractivity contribution in [3.8, 4) is 5.69 Å². The Hall–Kier alpha value is -3.15. The highest BCUT2D eigenvalue weighted by Crippen LogP contribution is 2.20. The van der Waals surface area contributed by atoms with E-state index in [1.807, 2.05) is 24.3 Å². The first-order valence-corrected chi connectivity index (χ1v) is 9.01. The van der Waals surface area contributed by atoms with Crippen LogP contribution in [0.4, 0.5) is 15.8 Å². The average Bonchev–Trinajstić information content (AvgIpc) is 3.06. The summed E-state index contributed by atoms with van der Waals surface area (Å²) in [6.07, 6.45) is 1.46. The van der Waals surface area contributed by atoms with Crippen molar-refractivity contribution in [2.75, 3.05) is 23.3 Å². The number of hydrogen-bond acceptors (Lipinski definition) is 3. The highest BCUT2D eigenvalue weighted by Gasteiger charge is 2.17. The minimum Gasteiger partial charge on any atom is -0.372 e. The zero-order valence-electron chi connectivity index (χ0n) is 15.7. The Kier molecular flexibility index (Phi) is 5.54. The molecule has 1 amide bonds. The van der Waals surface area contributed by atoms with Crippen molar-refractivity contribution in [2.45, 2.75) is 20.8 Å². The van der Waals surface area contributed by atoms with Crippen LogP contribution in [-0.2, 0) is 0 Å². The number of rotatable bonds is 6. The lowest BCUT2D eigenvalue weighted by Gasteiger charge is -2.21. The van der Waals surface area contributed by atoms with E-state index in [0.29, 0.717) is 22.6 Å². The fraction of sp³-hybridized carbons (Fsp3) is 0.238. The Morgan fingerprint density at radius 2 is 1.78 bits per heavy atom. The first-order valence-electron chi connectivity index (χ1n) is 9.01. The molecule has 6 heteroatoms. The Bertz CT molecular complexity index is 930. The van der Waals surface area contributed by atoms with Gasteiger partial charge in [0.25, 0.3) is 5.91 Å². The molecule has 0 unspecified atom stereocenters. The van der Waals surface area contributed by atoms with Crippen LogP contribution in [-0.4, -0.2) is 28.8 Å². The van der Waals surface area contributed by atoms with E-state index < -0.39 is 0 Å². The molecule has 1 heterocycles. The van der Waals surface area contributed by atoms with Gasteiger partial charge in [0.15, 0.2) is 0 Å². The van der Waals surface area contributed by atoms with Crippen molar-refractivity contribution in [3.63, 3.8) is 0 Å². The molecule has 0 radical (unpaired) electrons. The van der Waals surface area contributed by atoms with E-state index in [2.05, 4.69) is 29.2 Å². The van der Waals surface area contributed by atoms with Gasteiger partial charge in [-0.2, -0.15) is 5.10 Å². The average molecular weight is 366 g/mol. The minimum absolute atomic E-state index is 0.273. The number of carbonyl (C=O) groups excluding carboxylic acids is 1. The van der Waals surface area contributed by atoms with Crippen molar-refractivity contribution >= 4 is 17.3 Å². The van der Waals surface area contributed by atoms with Gasteiger partial charge in [0, 0.05) is 24.5 Å². The van der Waals surface area contributed by atoms with E-state index in [1.165, 1.54) is 16.9 Å². The van der Waals surface area contributed by atoms with Gasteiger partial charge in [-0.1, -0.05) is 12.1 Å². The van der Waals surface area contributed by atoms with Crippen LogP contribution < -0.4 is 10.2 Å². The number of amides is 1. The summed E-state index contributed by atoms with van der Waals surface area (Å²) in [5.41, 5.74) is 3.12. The van der Waals surface area contributed by atoms with Gasteiger partial charge in [0.1, 0.15) is 11.5 Å². The molecule has 5 nitrogen and oxygen atoms in total. The third-order valence-corrected chi connectivity index (χ3v) is 4.59. The number of aromatic nitrogens is 2. The van der Waals surface area contributed by atoms with Gasteiger partial charge in [0.05, 0.1) is 17.5 Å². The van der Waals surface area contributed by atoms with Crippen LogP contribution in [0.25, 0.3) is 5.69 Å². The summed E-state index contributed by atoms with van der Waals surface area (Å²) in [5.74, 6) is -0.659. The largest absolute Gasteiger partial charge is 0.372 e. The van der Waals surface area contributed by atoms with Gasteiger partial charge in [-0.25, -0.2) is 9.07 Å². The summed E-state index contributed by atoms with van der Waals surface area (Å²) in [7, 11) is 0. The third kappa shape index (κ3) is 3.84. The number of nitrogens with one attached hydrogen (secondary N) is 1. The molecule has 0 atom stereocenters. The van der Waals surface area contributed by atoms with Crippen LogP contribution in [0.1, 0.15) is 29.9 Å². The molecule has 140 valence electrons. The molecule has 1 aromatic heterocycles. The second kappa shape index (κ2) is 8.03. The van der Waals surface area contributed by atoms with Crippen LogP contribution in [0.3, 0.4) is 0 Å². The molecule has 0 saturated heterocycles. The summed E-state index contributed by atoms with van der Waals surface area (Å²) >= 11 is 0. The van der Waals surface area contributed by atoms with E-state index in [0.717, 1.165) is 18.8 Å². The molecule has 1 N–H and O–H groups in total. The predicted octanol–water partition coefficient (Wildman–Crippen LogP) is 4.42. The number of para-hydroxylation sites is 1. The summed E-state index contributed by atoms with van der Waals surface area (Å²) in [6.45, 7) is 7.81. The third-order valence-electron chi connectivity index (χ3n) is 4.59. The van der Waals surface area contributed by atoms with Gasteiger partial charge < -0.3 is 10.2 Å². The Labute approximate surface area is 158 Å². The molecule has 0 fully saturated rings. The second-order valence-corrected chi connectivity index (χ2v) is 6.18. The van der Waals surface area contributed by atoms with Gasteiger partial charge in [-0.05, 0) is 57.2 Å². The maximum atomic E-state index is 14.0. The predicted molar refractivity (Wildman–Crippen MR) is 106 cm³/mol. The van der Waals surface area contributed by atoms with Crippen molar-refractivity contribution in [2.24, 2.45) is 0 Å². The van der Waals surface area contributed by atoms with Crippen LogP contribution in [0, 0.1) is 12.7 Å². The quantitative estimate of drug-likeness (QED) is 0.703. The van der Waals surface area contributed by atoms with Gasteiger partial charge in [-0.15, -0.1) is 0 Å². The minimum atomic E-state index is -0.386. The fourth-order valence-electron chi connectivity index (χ4n) is 3.04. The number of nitrogens with zero attached hydrogens (tertiary/aromatic N) is 3. The van der Waals surface area contributed by atoms with Crippen LogP contribution in [0.5, 0.6) is 0 Å². The summed E-state index contributed by atoms with van der Waals surface area (Å²) in [6, 6.07) is 14.1. The van der Waals surface area contributed by atoms with Gasteiger partial charge in [0.2, 0.25) is 0 Å². The molecule has 0 aliphatic rings. The molecule has 27 heavy (non-hydrogen) atoms. The highest BCUT2D eigenvalue weighted by atomic mass is 19.1. The second-order valence-electron chi connectivity index (χ2n) is 6.18. The molecule has 0 aliphatic heterocycles. The van der Waals surface area contributed by atoms with Crippen LogP contribution >= 0.6 is 0 Å². The monoisotopic (exact) mass is 366 g/mol. The van der Waals surface area contributed by atoms with Crippen LogP contribution in [0.2, 0.25) is 0 Å². The zero-order chi connectivity index (χ0) is 19.4. The lowest BCUT2D eigenvalue weighted by Crippen LogP contribution is -2.21. The van der Waals surface area contributed by atoms with Crippen LogP contribution in [0.15, 0.2) is 54.7 Å². The first kappa shape index (κ1) is 18.6. The lowest BCUT2D eigenvalue weighted by atomic mass is 10.2. The van der Waals surface area contributed by atoms with E-state index in [4.69, 9.17) is 0 Å². The van der Waals surface area contributed by atoms with Gasteiger partial charge in [-0.3, -0.25) is 4.79 Å². The van der Waals surface area contributed by atoms with Crippen molar-refractivity contribution in [1.82, 2.24) is 9.78 Å². The molecule has 0 aliphatic carbocycles. The molecule has 0 saturated carbocycles. The number of anilines is 2. The molecule has 3 aromatic rings. The molecule has 0 spiro atoms. The van der Waals surface area contributed by atoms with E-state index >= 15 is 0 Å². The summed E-state index contributed by atoms with van der Waals surface area (Å²) in [5, 5.41) is 7.05. The van der Waals surface area contributed by atoms with Crippen molar-refractivity contribution in [3.05, 3.63) is 71.8 Å². The van der Waals surface area contributed by atoms with Gasteiger partial charge >= 0.3 is 0 Å². The lowest BCUT2D eigenvalue weighted by molar-refractivity contribution is 0.102. The number of hydrogen-bond donors (Lipinski definition) is 1. The fourth-order valence-corrected chi connectivity index (χ4v) is 3.04. The maximum absolute atomic E-state index is 14.0. The molecule has 2 aromatic carbocycles. The Balaban J connectivity index is 1.78. The topological polar surface area (TPSA) is 50.2 Å². The van der Waals surface area contributed by atoms with Crippen molar-refractivity contribution < 1.29 is 9.18 Å². The normalized spacial score (nSPS) is 10.7. The standard InChI is InChI=1S/C21H23FN4O/c1-4-25(5-2)17-12-10-16(11-13-17)24-21(27)18-14-23-26(15(18)3)20-9-7-6-8-19(20)22/h6-14H,4-5H2,1-3H3,(H,24,27). The number of carbonyl (C=O) groups is 1. The smallest absolute Gasteiger partial charge is 0.259 e. The number of benzene rings is 2. The van der Waals surface area contributed by atoms with E-state index in [9.17, 15) is 9.18 Å². The zero-order valence-corrected chi connectivity index (χ0v) is 15.7. The molecule has 3 rings (SSSR count). The SMILES string of the molecule is CCN(CC)c1ccc(NC(=O)c2cnn(-c3ccccc3F)c2C)cc1. The first-order chi connectivity index (χ1) is 13.0.